The van der Waals surface area contributed by atoms with Gasteiger partial charge in [-0.25, -0.2) is 0 Å². The lowest BCUT2D eigenvalue weighted by Crippen LogP contribution is -2.18. The highest BCUT2D eigenvalue weighted by Gasteiger charge is 2.18. The van der Waals surface area contributed by atoms with Crippen LogP contribution < -0.4 is 4.74 Å². The van der Waals surface area contributed by atoms with Crippen LogP contribution in [-0.2, 0) is 4.74 Å². The van der Waals surface area contributed by atoms with E-state index in [1.165, 1.54) is 13.2 Å². The van der Waals surface area contributed by atoms with Crippen molar-refractivity contribution >= 4 is 0 Å². The van der Waals surface area contributed by atoms with Crippen molar-refractivity contribution in [2.24, 2.45) is 0 Å². The fourth-order valence-corrected chi connectivity index (χ4v) is 1.56. The van der Waals surface area contributed by atoms with E-state index in [2.05, 4.69) is 0 Å². The number of aromatic hydroxyl groups is 1. The largest absolute Gasteiger partial charge is 0.504 e. The standard InChI is InChI=1S/C12H18O4/c1-4-16-12(8(2)13)9-5-6-10(14)11(7-9)15-3/h5-8,12-14H,4H2,1-3H3/t8-,12+/m1/s1. The van der Waals surface area contributed by atoms with Crippen LogP contribution in [0.3, 0.4) is 0 Å². The van der Waals surface area contributed by atoms with Gasteiger partial charge in [0.1, 0.15) is 6.10 Å². The normalized spacial score (nSPS) is 14.5. The third kappa shape index (κ3) is 2.87. The zero-order valence-corrected chi connectivity index (χ0v) is 9.80. The quantitative estimate of drug-likeness (QED) is 0.804. The second-order valence-corrected chi connectivity index (χ2v) is 3.55. The van der Waals surface area contributed by atoms with E-state index in [4.69, 9.17) is 9.47 Å². The first kappa shape index (κ1) is 12.8. The molecule has 2 atom stereocenters. The van der Waals surface area contributed by atoms with Crippen LogP contribution in [0.25, 0.3) is 0 Å². The minimum atomic E-state index is -0.616. The number of rotatable bonds is 5. The van der Waals surface area contributed by atoms with E-state index in [1.54, 1.807) is 19.1 Å². The zero-order valence-electron chi connectivity index (χ0n) is 9.80. The van der Waals surface area contributed by atoms with Crippen molar-refractivity contribution in [3.8, 4) is 11.5 Å². The number of hydrogen-bond donors (Lipinski definition) is 2. The highest BCUT2D eigenvalue weighted by atomic mass is 16.5. The fraction of sp³-hybridized carbons (Fsp3) is 0.500. The summed E-state index contributed by atoms with van der Waals surface area (Å²) < 4.78 is 10.4. The number of ether oxygens (including phenoxy) is 2. The maximum absolute atomic E-state index is 9.60. The van der Waals surface area contributed by atoms with Crippen molar-refractivity contribution in [2.45, 2.75) is 26.1 Å². The van der Waals surface area contributed by atoms with E-state index in [-0.39, 0.29) is 5.75 Å². The molecule has 2 N–H and O–H groups in total. The Hall–Kier alpha value is -1.26. The molecule has 0 unspecified atom stereocenters. The first-order chi connectivity index (χ1) is 7.60. The van der Waals surface area contributed by atoms with Crippen LogP contribution in [-0.4, -0.2) is 30.0 Å². The predicted octanol–water partition coefficient (Wildman–Crippen LogP) is 1.86. The summed E-state index contributed by atoms with van der Waals surface area (Å²) in [5.41, 5.74) is 0.784. The molecule has 0 aliphatic carbocycles. The molecule has 0 heterocycles. The van der Waals surface area contributed by atoms with Crippen LogP contribution in [0, 0.1) is 0 Å². The smallest absolute Gasteiger partial charge is 0.160 e. The first-order valence-corrected chi connectivity index (χ1v) is 5.26. The number of phenolic OH excluding ortho intramolecular Hbond substituents is 1. The van der Waals surface area contributed by atoms with Gasteiger partial charge >= 0.3 is 0 Å². The molecule has 0 bridgehead atoms. The van der Waals surface area contributed by atoms with Gasteiger partial charge in [0, 0.05) is 6.61 Å². The van der Waals surface area contributed by atoms with Crippen LogP contribution >= 0.6 is 0 Å². The van der Waals surface area contributed by atoms with Crippen LogP contribution in [0.2, 0.25) is 0 Å². The Balaban J connectivity index is 3.00. The fourth-order valence-electron chi connectivity index (χ4n) is 1.56. The Labute approximate surface area is 95.4 Å². The van der Waals surface area contributed by atoms with Gasteiger partial charge in [0.05, 0.1) is 13.2 Å². The summed E-state index contributed by atoms with van der Waals surface area (Å²) in [6.45, 7) is 4.05. The minimum Gasteiger partial charge on any atom is -0.504 e. The summed E-state index contributed by atoms with van der Waals surface area (Å²) in [5.74, 6) is 0.454. The van der Waals surface area contributed by atoms with Gasteiger partial charge in [0.25, 0.3) is 0 Å². The Morgan fingerprint density at radius 2 is 2.06 bits per heavy atom. The molecule has 0 amide bonds. The molecule has 0 saturated carbocycles. The maximum atomic E-state index is 9.60. The van der Waals surface area contributed by atoms with E-state index in [1.807, 2.05) is 6.92 Å². The van der Waals surface area contributed by atoms with Gasteiger partial charge < -0.3 is 19.7 Å². The molecule has 1 aromatic carbocycles. The molecule has 0 aliphatic heterocycles. The van der Waals surface area contributed by atoms with Crippen LogP contribution in [0.15, 0.2) is 18.2 Å². The van der Waals surface area contributed by atoms with E-state index in [0.29, 0.717) is 12.4 Å². The Morgan fingerprint density at radius 3 is 2.56 bits per heavy atom. The van der Waals surface area contributed by atoms with Crippen molar-refractivity contribution in [1.29, 1.82) is 0 Å². The van der Waals surface area contributed by atoms with Crippen molar-refractivity contribution < 1.29 is 19.7 Å². The van der Waals surface area contributed by atoms with E-state index >= 15 is 0 Å². The Bertz CT molecular complexity index is 336. The molecule has 0 saturated heterocycles. The molecule has 4 heteroatoms. The van der Waals surface area contributed by atoms with Crippen LogP contribution in [0.5, 0.6) is 11.5 Å². The molecule has 90 valence electrons. The van der Waals surface area contributed by atoms with Crippen molar-refractivity contribution in [3.63, 3.8) is 0 Å². The highest BCUT2D eigenvalue weighted by Crippen LogP contribution is 2.31. The first-order valence-electron chi connectivity index (χ1n) is 5.26. The molecule has 0 spiro atoms. The van der Waals surface area contributed by atoms with Crippen LogP contribution in [0.4, 0.5) is 0 Å². The molecular formula is C12H18O4. The number of aliphatic hydroxyl groups is 1. The summed E-state index contributed by atoms with van der Waals surface area (Å²) in [6, 6.07) is 4.91. The average molecular weight is 226 g/mol. The third-order valence-electron chi connectivity index (χ3n) is 2.32. The average Bonchev–Trinajstić information content (AvgIpc) is 2.26. The summed E-state index contributed by atoms with van der Waals surface area (Å²) in [7, 11) is 1.48. The topological polar surface area (TPSA) is 58.9 Å². The predicted molar refractivity (Wildman–Crippen MR) is 60.7 cm³/mol. The molecule has 0 aromatic heterocycles. The van der Waals surface area contributed by atoms with Crippen molar-refractivity contribution in [1.82, 2.24) is 0 Å². The number of methoxy groups -OCH3 is 1. The lowest BCUT2D eigenvalue weighted by molar-refractivity contribution is -0.0260. The molecule has 1 rings (SSSR count). The van der Waals surface area contributed by atoms with E-state index < -0.39 is 12.2 Å². The van der Waals surface area contributed by atoms with E-state index in [9.17, 15) is 10.2 Å². The van der Waals surface area contributed by atoms with Gasteiger partial charge in [-0.3, -0.25) is 0 Å². The van der Waals surface area contributed by atoms with Crippen molar-refractivity contribution in [3.05, 3.63) is 23.8 Å². The summed E-state index contributed by atoms with van der Waals surface area (Å²) in [4.78, 5) is 0. The molecular weight excluding hydrogens is 208 g/mol. The monoisotopic (exact) mass is 226 g/mol. The SMILES string of the molecule is CCO[C@H](c1ccc(O)c(OC)c1)[C@@H](C)O. The molecule has 4 nitrogen and oxygen atoms in total. The Kier molecular flexibility index (Phi) is 4.58. The summed E-state index contributed by atoms with van der Waals surface area (Å²) >= 11 is 0. The number of aliphatic hydroxyl groups excluding tert-OH is 1. The maximum Gasteiger partial charge on any atom is 0.160 e. The number of phenols is 1. The van der Waals surface area contributed by atoms with Gasteiger partial charge in [-0.1, -0.05) is 6.07 Å². The minimum absolute atomic E-state index is 0.0760. The molecule has 0 fully saturated rings. The molecule has 1 aromatic rings. The van der Waals surface area contributed by atoms with Gasteiger partial charge in [-0.15, -0.1) is 0 Å². The number of benzene rings is 1. The van der Waals surface area contributed by atoms with E-state index in [0.717, 1.165) is 5.56 Å². The summed E-state index contributed by atoms with van der Waals surface area (Å²) in [5, 5.41) is 19.1. The van der Waals surface area contributed by atoms with Gasteiger partial charge in [0.15, 0.2) is 11.5 Å². The van der Waals surface area contributed by atoms with Gasteiger partial charge in [0.2, 0.25) is 0 Å². The lowest BCUT2D eigenvalue weighted by Gasteiger charge is -2.21. The molecule has 0 aliphatic rings. The highest BCUT2D eigenvalue weighted by molar-refractivity contribution is 5.42. The van der Waals surface area contributed by atoms with Gasteiger partial charge in [-0.05, 0) is 31.5 Å². The lowest BCUT2D eigenvalue weighted by atomic mass is 10.0. The van der Waals surface area contributed by atoms with Crippen molar-refractivity contribution in [2.75, 3.05) is 13.7 Å². The van der Waals surface area contributed by atoms with Gasteiger partial charge in [-0.2, -0.15) is 0 Å². The number of hydrogen-bond acceptors (Lipinski definition) is 4. The molecule has 16 heavy (non-hydrogen) atoms. The zero-order chi connectivity index (χ0) is 12.1. The third-order valence-corrected chi connectivity index (χ3v) is 2.32. The molecule has 0 radical (unpaired) electrons. The second-order valence-electron chi connectivity index (χ2n) is 3.55. The van der Waals surface area contributed by atoms with Crippen LogP contribution in [0.1, 0.15) is 25.5 Å². The second kappa shape index (κ2) is 5.72. The summed E-state index contributed by atoms with van der Waals surface area (Å²) in [6.07, 6.45) is -1.02. The Morgan fingerprint density at radius 1 is 1.38 bits per heavy atom.